The van der Waals surface area contributed by atoms with Crippen molar-refractivity contribution in [2.45, 2.75) is 50.0 Å². The summed E-state index contributed by atoms with van der Waals surface area (Å²) < 4.78 is 69.7. The van der Waals surface area contributed by atoms with E-state index in [1.807, 2.05) is 13.0 Å². The number of nitrogens with one attached hydrogen (secondary N) is 1. The quantitative estimate of drug-likeness (QED) is 0.214. The third-order valence-corrected chi connectivity index (χ3v) is 8.38. The fourth-order valence-electron chi connectivity index (χ4n) is 5.21. The normalized spacial score (nSPS) is 18.5. The molecule has 3 heterocycles. The second kappa shape index (κ2) is 11.6. The van der Waals surface area contributed by atoms with E-state index in [0.717, 1.165) is 36.6 Å². The number of halogens is 4. The molecule has 0 radical (unpaired) electrons. The van der Waals surface area contributed by atoms with Gasteiger partial charge in [-0.3, -0.25) is 14.6 Å². The molecule has 13 heteroatoms. The highest BCUT2D eigenvalue weighted by molar-refractivity contribution is 5.95. The molecule has 0 spiro atoms. The molecule has 2 aliphatic rings. The summed E-state index contributed by atoms with van der Waals surface area (Å²) in [5.41, 5.74) is 1.50. The minimum Gasteiger partial charge on any atom is -0.490 e. The van der Waals surface area contributed by atoms with Gasteiger partial charge in [0.2, 0.25) is 11.5 Å². The van der Waals surface area contributed by atoms with Crippen molar-refractivity contribution < 1.29 is 41.7 Å². The fourth-order valence-corrected chi connectivity index (χ4v) is 5.21. The number of amides is 2. The molecule has 0 bridgehead atoms. The van der Waals surface area contributed by atoms with E-state index in [4.69, 9.17) is 15.2 Å². The van der Waals surface area contributed by atoms with Gasteiger partial charge in [-0.25, -0.2) is 9.37 Å². The molecule has 1 unspecified atom stereocenters. The second-order valence-corrected chi connectivity index (χ2v) is 12.0. The lowest BCUT2D eigenvalue weighted by Gasteiger charge is -2.31. The number of nitrogens with two attached hydrogens (primary N) is 1. The predicted octanol–water partition coefficient (Wildman–Crippen LogP) is 5.11. The van der Waals surface area contributed by atoms with Crippen LogP contribution in [0.3, 0.4) is 0 Å². The number of alkyl halides is 3. The third kappa shape index (κ3) is 5.98. The molecule has 2 aromatic heterocycles. The summed E-state index contributed by atoms with van der Waals surface area (Å²) in [7, 11) is 0. The molecule has 4 aromatic rings. The lowest BCUT2D eigenvalue weighted by molar-refractivity contribution is -0.265. The number of aryl methyl sites for hydroxylation is 1. The summed E-state index contributed by atoms with van der Waals surface area (Å²) in [6.07, 6.45) is -2.08. The average molecular weight is 651 g/mol. The van der Waals surface area contributed by atoms with Gasteiger partial charge in [-0.1, -0.05) is 6.07 Å². The Morgan fingerprint density at radius 1 is 1.11 bits per heavy atom. The van der Waals surface area contributed by atoms with Gasteiger partial charge >= 0.3 is 6.18 Å². The highest BCUT2D eigenvalue weighted by atomic mass is 19.4. The summed E-state index contributed by atoms with van der Waals surface area (Å²) >= 11 is 0. The summed E-state index contributed by atoms with van der Waals surface area (Å²) in [5, 5.41) is 13.5. The van der Waals surface area contributed by atoms with E-state index < -0.39 is 47.1 Å². The molecule has 4 N–H and O–H groups in total. The first-order chi connectivity index (χ1) is 22.2. The van der Waals surface area contributed by atoms with Crippen LogP contribution in [0.25, 0.3) is 22.5 Å². The number of aliphatic hydroxyl groups is 1. The van der Waals surface area contributed by atoms with Crippen molar-refractivity contribution in [3.63, 3.8) is 0 Å². The van der Waals surface area contributed by atoms with Crippen LogP contribution in [-0.4, -0.2) is 52.3 Å². The number of hydrogen-bond acceptors (Lipinski definition) is 7. The van der Waals surface area contributed by atoms with Crippen molar-refractivity contribution in [1.82, 2.24) is 15.3 Å². The molecule has 47 heavy (non-hydrogen) atoms. The van der Waals surface area contributed by atoms with Crippen LogP contribution in [-0.2, 0) is 15.8 Å². The highest BCUT2D eigenvalue weighted by Gasteiger charge is 2.57. The zero-order chi connectivity index (χ0) is 33.7. The number of primary amides is 1. The van der Waals surface area contributed by atoms with Crippen LogP contribution in [0.5, 0.6) is 11.5 Å². The van der Waals surface area contributed by atoms with Crippen LogP contribution >= 0.6 is 0 Å². The maximum Gasteiger partial charge on any atom is 0.424 e. The molecule has 6 rings (SSSR count). The largest absolute Gasteiger partial charge is 0.490 e. The Kier molecular flexibility index (Phi) is 7.91. The van der Waals surface area contributed by atoms with Crippen molar-refractivity contribution >= 4 is 11.8 Å². The number of fused-ring (bicyclic) bond motifs is 1. The van der Waals surface area contributed by atoms with E-state index in [1.165, 1.54) is 31.2 Å². The Labute approximate surface area is 266 Å². The zero-order valence-corrected chi connectivity index (χ0v) is 25.3. The Bertz CT molecular complexity index is 1860. The van der Waals surface area contributed by atoms with Crippen molar-refractivity contribution in [3.05, 3.63) is 95.1 Å². The first kappa shape index (κ1) is 31.9. The number of pyridine rings is 2. The van der Waals surface area contributed by atoms with Crippen molar-refractivity contribution in [3.8, 4) is 34.0 Å². The van der Waals surface area contributed by atoms with E-state index in [9.17, 15) is 32.3 Å². The standard InChI is InChI=1S/C34H30F4N4O5/c1-18-3-12-25(40-15-18)23-11-6-20(13-26(23)47-22-9-10-22)30(43)41-16-33(45,34(36,37)38)27-14-24-29(46-17-32(24,2)31(39)44)28(42-27)19-4-7-21(35)8-5-19/h3-8,11-15,22,45H,9-10,16-17H2,1-2H3,(H2,39,44)(H,41,43)/t32-,33?/m0/s1. The van der Waals surface area contributed by atoms with Crippen LogP contribution in [0.2, 0.25) is 0 Å². The molecule has 9 nitrogen and oxygen atoms in total. The molecule has 1 aliphatic carbocycles. The number of carbonyl (C=O) groups is 2. The maximum atomic E-state index is 14.8. The Balaban J connectivity index is 1.36. The van der Waals surface area contributed by atoms with E-state index >= 15 is 0 Å². The molecular formula is C34H30F4N4O5. The number of aromatic nitrogens is 2. The van der Waals surface area contributed by atoms with Gasteiger partial charge in [-0.2, -0.15) is 13.2 Å². The highest BCUT2D eigenvalue weighted by Crippen LogP contribution is 2.48. The van der Waals surface area contributed by atoms with E-state index in [-0.39, 0.29) is 40.8 Å². The molecule has 1 saturated carbocycles. The number of benzene rings is 2. The number of hydrogen-bond donors (Lipinski definition) is 3. The molecular weight excluding hydrogens is 620 g/mol. The minimum absolute atomic E-state index is 0.00958. The van der Waals surface area contributed by atoms with Crippen LogP contribution < -0.4 is 20.5 Å². The average Bonchev–Trinajstić information content (AvgIpc) is 3.79. The molecule has 2 amide bonds. The fraction of sp³-hybridized carbons (Fsp3) is 0.294. The van der Waals surface area contributed by atoms with Gasteiger partial charge < -0.3 is 25.6 Å². The second-order valence-electron chi connectivity index (χ2n) is 12.0. The van der Waals surface area contributed by atoms with Gasteiger partial charge in [0.1, 0.15) is 35.0 Å². The van der Waals surface area contributed by atoms with Crippen LogP contribution in [0.4, 0.5) is 17.6 Å². The summed E-state index contributed by atoms with van der Waals surface area (Å²) in [6, 6.07) is 13.7. The summed E-state index contributed by atoms with van der Waals surface area (Å²) in [4.78, 5) is 34.3. The summed E-state index contributed by atoms with van der Waals surface area (Å²) in [6.45, 7) is 1.65. The van der Waals surface area contributed by atoms with Crippen LogP contribution in [0.15, 0.2) is 66.9 Å². The van der Waals surface area contributed by atoms with Crippen molar-refractivity contribution in [1.29, 1.82) is 0 Å². The molecule has 244 valence electrons. The van der Waals surface area contributed by atoms with E-state index in [2.05, 4.69) is 15.3 Å². The zero-order valence-electron chi connectivity index (χ0n) is 25.3. The first-order valence-corrected chi connectivity index (χ1v) is 14.8. The molecule has 1 fully saturated rings. The third-order valence-electron chi connectivity index (χ3n) is 8.38. The van der Waals surface area contributed by atoms with E-state index in [1.54, 1.807) is 18.3 Å². The van der Waals surface area contributed by atoms with Gasteiger partial charge in [0.25, 0.3) is 5.91 Å². The minimum atomic E-state index is -5.36. The lowest BCUT2D eigenvalue weighted by Crippen LogP contribution is -2.51. The van der Waals surface area contributed by atoms with Gasteiger partial charge in [0.05, 0.1) is 24.0 Å². The summed E-state index contributed by atoms with van der Waals surface area (Å²) in [5.74, 6) is -2.08. The Morgan fingerprint density at radius 3 is 2.45 bits per heavy atom. The molecule has 2 atom stereocenters. The van der Waals surface area contributed by atoms with Crippen molar-refractivity contribution in [2.75, 3.05) is 13.2 Å². The van der Waals surface area contributed by atoms with Gasteiger partial charge in [0.15, 0.2) is 0 Å². The van der Waals surface area contributed by atoms with Gasteiger partial charge in [-0.15, -0.1) is 0 Å². The monoisotopic (exact) mass is 650 g/mol. The maximum absolute atomic E-state index is 14.8. The number of carbonyl (C=O) groups excluding carboxylic acids is 2. The number of nitrogens with zero attached hydrogens (tertiary/aromatic N) is 2. The molecule has 1 aliphatic heterocycles. The molecule has 2 aromatic carbocycles. The van der Waals surface area contributed by atoms with E-state index in [0.29, 0.717) is 17.0 Å². The SMILES string of the molecule is Cc1ccc(-c2ccc(C(=O)NCC(O)(c3cc4c(c(-c5ccc(F)cc5)n3)OC[C@]4(C)C(N)=O)C(F)(F)F)cc2OC2CC2)nc1. The van der Waals surface area contributed by atoms with Crippen molar-refractivity contribution in [2.24, 2.45) is 5.73 Å². The van der Waals surface area contributed by atoms with Crippen LogP contribution in [0, 0.1) is 12.7 Å². The van der Waals surface area contributed by atoms with Gasteiger partial charge in [0, 0.05) is 28.5 Å². The van der Waals surface area contributed by atoms with Gasteiger partial charge in [-0.05, 0) is 86.8 Å². The number of rotatable bonds is 9. The van der Waals surface area contributed by atoms with Crippen LogP contribution in [0.1, 0.15) is 46.9 Å². The predicted molar refractivity (Wildman–Crippen MR) is 162 cm³/mol. The smallest absolute Gasteiger partial charge is 0.424 e. The Hall–Kier alpha value is -5.04. The topological polar surface area (TPSA) is 137 Å². The lowest BCUT2D eigenvalue weighted by atomic mass is 9.81. The Morgan fingerprint density at radius 2 is 1.83 bits per heavy atom. The molecule has 0 saturated heterocycles. The first-order valence-electron chi connectivity index (χ1n) is 14.8. The number of ether oxygens (including phenoxy) is 2.